The topological polar surface area (TPSA) is 29.1 Å². The van der Waals surface area contributed by atoms with Crippen molar-refractivity contribution in [3.8, 4) is 0 Å². The van der Waals surface area contributed by atoms with Crippen molar-refractivity contribution < 1.29 is 4.79 Å². The second-order valence-corrected chi connectivity index (χ2v) is 6.69. The van der Waals surface area contributed by atoms with Gasteiger partial charge in [0.1, 0.15) is 0 Å². The highest BCUT2D eigenvalue weighted by Gasteiger charge is 2.16. The first-order chi connectivity index (χ1) is 12.3. The standard InChI is InChI=1S/C23H31NO/c1-2-3-4-5-6-7-14-19-22(25)24-23(20-15-10-8-11-16-20)21-17-12-9-13-18-21/h8-13,15-18,23H,2-7,14,19H2,1H3,(H,24,25). The van der Waals surface area contributed by atoms with Gasteiger partial charge < -0.3 is 5.32 Å². The quantitative estimate of drug-likeness (QED) is 0.498. The molecule has 0 bridgehead atoms. The molecule has 134 valence electrons. The molecule has 2 rings (SSSR count). The van der Waals surface area contributed by atoms with Crippen LogP contribution in [0.5, 0.6) is 0 Å². The maximum Gasteiger partial charge on any atom is 0.220 e. The van der Waals surface area contributed by atoms with E-state index in [2.05, 4.69) is 36.5 Å². The lowest BCUT2D eigenvalue weighted by molar-refractivity contribution is -0.121. The number of nitrogens with one attached hydrogen (secondary N) is 1. The molecule has 2 aromatic carbocycles. The first-order valence-electron chi connectivity index (χ1n) is 9.70. The summed E-state index contributed by atoms with van der Waals surface area (Å²) in [6, 6.07) is 20.3. The summed E-state index contributed by atoms with van der Waals surface area (Å²) in [6.45, 7) is 2.24. The number of benzene rings is 2. The zero-order valence-electron chi connectivity index (χ0n) is 15.4. The Morgan fingerprint density at radius 1 is 0.760 bits per heavy atom. The average Bonchev–Trinajstić information content (AvgIpc) is 2.67. The predicted molar refractivity (Wildman–Crippen MR) is 105 cm³/mol. The molecule has 0 spiro atoms. The van der Waals surface area contributed by atoms with Crippen LogP contribution in [0.2, 0.25) is 0 Å². The molecule has 0 aromatic heterocycles. The predicted octanol–water partition coefficient (Wildman–Crippen LogP) is 6.03. The van der Waals surface area contributed by atoms with E-state index in [1.807, 2.05) is 36.4 Å². The summed E-state index contributed by atoms with van der Waals surface area (Å²) in [7, 11) is 0. The van der Waals surface area contributed by atoms with E-state index < -0.39 is 0 Å². The summed E-state index contributed by atoms with van der Waals surface area (Å²) in [6.07, 6.45) is 9.22. The van der Waals surface area contributed by atoms with E-state index in [0.29, 0.717) is 6.42 Å². The van der Waals surface area contributed by atoms with Crippen LogP contribution in [0.4, 0.5) is 0 Å². The van der Waals surface area contributed by atoms with E-state index >= 15 is 0 Å². The Labute approximate surface area is 152 Å². The minimum atomic E-state index is -0.0699. The Bertz CT molecular complexity index is 555. The lowest BCUT2D eigenvalue weighted by atomic mass is 9.98. The Balaban J connectivity index is 1.84. The van der Waals surface area contributed by atoms with Crippen LogP contribution in [0.1, 0.15) is 75.5 Å². The molecule has 0 aliphatic carbocycles. The lowest BCUT2D eigenvalue weighted by Gasteiger charge is -2.20. The van der Waals surface area contributed by atoms with Crippen LogP contribution in [-0.4, -0.2) is 5.91 Å². The summed E-state index contributed by atoms with van der Waals surface area (Å²) in [5.41, 5.74) is 2.25. The normalized spacial score (nSPS) is 10.8. The van der Waals surface area contributed by atoms with E-state index in [0.717, 1.165) is 24.0 Å². The van der Waals surface area contributed by atoms with Crippen molar-refractivity contribution in [3.63, 3.8) is 0 Å². The summed E-state index contributed by atoms with van der Waals surface area (Å²) in [5.74, 6) is 0.145. The first kappa shape index (κ1) is 19.2. The molecular formula is C23H31NO. The smallest absolute Gasteiger partial charge is 0.220 e. The highest BCUT2D eigenvalue weighted by molar-refractivity contribution is 5.77. The minimum absolute atomic E-state index is 0.0699. The third kappa shape index (κ3) is 7.13. The van der Waals surface area contributed by atoms with E-state index in [-0.39, 0.29) is 11.9 Å². The van der Waals surface area contributed by atoms with Gasteiger partial charge in [0.15, 0.2) is 0 Å². The molecule has 2 heteroatoms. The van der Waals surface area contributed by atoms with E-state index in [9.17, 15) is 4.79 Å². The average molecular weight is 338 g/mol. The monoisotopic (exact) mass is 337 g/mol. The molecule has 0 atom stereocenters. The molecule has 0 heterocycles. The Morgan fingerprint density at radius 3 is 1.76 bits per heavy atom. The molecule has 0 aliphatic heterocycles. The van der Waals surface area contributed by atoms with Crippen molar-refractivity contribution in [1.29, 1.82) is 0 Å². The molecule has 0 fully saturated rings. The molecular weight excluding hydrogens is 306 g/mol. The molecule has 1 amide bonds. The van der Waals surface area contributed by atoms with Crippen LogP contribution >= 0.6 is 0 Å². The van der Waals surface area contributed by atoms with Gasteiger partial charge in [-0.1, -0.05) is 106 Å². The van der Waals surface area contributed by atoms with Crippen molar-refractivity contribution in [2.75, 3.05) is 0 Å². The number of unbranched alkanes of at least 4 members (excludes halogenated alkanes) is 6. The Kier molecular flexibility index (Phi) is 8.82. The fourth-order valence-electron chi connectivity index (χ4n) is 3.13. The van der Waals surface area contributed by atoms with E-state index in [4.69, 9.17) is 0 Å². The van der Waals surface area contributed by atoms with Gasteiger partial charge in [0.25, 0.3) is 0 Å². The highest BCUT2D eigenvalue weighted by atomic mass is 16.1. The highest BCUT2D eigenvalue weighted by Crippen LogP contribution is 2.22. The summed E-state index contributed by atoms with van der Waals surface area (Å²) >= 11 is 0. The molecule has 0 saturated heterocycles. The summed E-state index contributed by atoms with van der Waals surface area (Å²) in [5, 5.41) is 3.22. The largest absolute Gasteiger partial charge is 0.345 e. The fraction of sp³-hybridized carbons (Fsp3) is 0.435. The van der Waals surface area contributed by atoms with Crippen LogP contribution in [0.25, 0.3) is 0 Å². The van der Waals surface area contributed by atoms with Gasteiger partial charge in [-0.05, 0) is 17.5 Å². The lowest BCUT2D eigenvalue weighted by Crippen LogP contribution is -2.29. The molecule has 0 unspecified atom stereocenters. The van der Waals surface area contributed by atoms with E-state index in [1.54, 1.807) is 0 Å². The van der Waals surface area contributed by atoms with Gasteiger partial charge in [0.2, 0.25) is 5.91 Å². The Hall–Kier alpha value is -2.09. The molecule has 2 nitrogen and oxygen atoms in total. The van der Waals surface area contributed by atoms with Crippen LogP contribution in [0.15, 0.2) is 60.7 Å². The van der Waals surface area contributed by atoms with Gasteiger partial charge in [-0.15, -0.1) is 0 Å². The SMILES string of the molecule is CCCCCCCCCC(=O)NC(c1ccccc1)c1ccccc1. The van der Waals surface area contributed by atoms with Gasteiger partial charge in [0, 0.05) is 6.42 Å². The molecule has 0 radical (unpaired) electrons. The number of hydrogen-bond acceptors (Lipinski definition) is 1. The summed E-state index contributed by atoms with van der Waals surface area (Å²) in [4.78, 5) is 12.4. The Morgan fingerprint density at radius 2 is 1.24 bits per heavy atom. The van der Waals surface area contributed by atoms with E-state index in [1.165, 1.54) is 32.1 Å². The number of carbonyl (C=O) groups is 1. The van der Waals surface area contributed by atoms with Crippen molar-refractivity contribution in [2.24, 2.45) is 0 Å². The zero-order chi connectivity index (χ0) is 17.7. The van der Waals surface area contributed by atoms with Gasteiger partial charge >= 0.3 is 0 Å². The van der Waals surface area contributed by atoms with Gasteiger partial charge in [-0.3, -0.25) is 4.79 Å². The van der Waals surface area contributed by atoms with Gasteiger partial charge in [-0.25, -0.2) is 0 Å². The van der Waals surface area contributed by atoms with Crippen LogP contribution in [0.3, 0.4) is 0 Å². The van der Waals surface area contributed by atoms with Crippen molar-refractivity contribution >= 4 is 5.91 Å². The van der Waals surface area contributed by atoms with Crippen LogP contribution in [-0.2, 0) is 4.79 Å². The fourth-order valence-corrected chi connectivity index (χ4v) is 3.13. The third-order valence-corrected chi connectivity index (χ3v) is 4.58. The molecule has 2 aromatic rings. The number of amides is 1. The maximum absolute atomic E-state index is 12.4. The zero-order valence-corrected chi connectivity index (χ0v) is 15.4. The molecule has 25 heavy (non-hydrogen) atoms. The van der Waals surface area contributed by atoms with Crippen molar-refractivity contribution in [1.82, 2.24) is 5.32 Å². The summed E-state index contributed by atoms with van der Waals surface area (Å²) < 4.78 is 0. The first-order valence-corrected chi connectivity index (χ1v) is 9.70. The second-order valence-electron chi connectivity index (χ2n) is 6.69. The molecule has 1 N–H and O–H groups in total. The van der Waals surface area contributed by atoms with Gasteiger partial charge in [-0.2, -0.15) is 0 Å². The van der Waals surface area contributed by atoms with Crippen molar-refractivity contribution in [2.45, 2.75) is 64.3 Å². The molecule has 0 aliphatic rings. The maximum atomic E-state index is 12.4. The molecule has 0 saturated carbocycles. The minimum Gasteiger partial charge on any atom is -0.345 e. The van der Waals surface area contributed by atoms with Crippen molar-refractivity contribution in [3.05, 3.63) is 71.8 Å². The van der Waals surface area contributed by atoms with Crippen LogP contribution in [0, 0.1) is 0 Å². The number of rotatable bonds is 11. The number of carbonyl (C=O) groups excluding carboxylic acids is 1. The second kappa shape index (κ2) is 11.5. The third-order valence-electron chi connectivity index (χ3n) is 4.58. The number of hydrogen-bond donors (Lipinski definition) is 1. The van der Waals surface area contributed by atoms with Gasteiger partial charge in [0.05, 0.1) is 6.04 Å². The van der Waals surface area contributed by atoms with Crippen LogP contribution < -0.4 is 5.32 Å².